The number of aromatic nitrogens is 2. The average Bonchev–Trinajstić information content (AvgIpc) is 2.51. The van der Waals surface area contributed by atoms with Gasteiger partial charge < -0.3 is 19.5 Å². The van der Waals surface area contributed by atoms with Crippen LogP contribution in [0.3, 0.4) is 0 Å². The van der Waals surface area contributed by atoms with Gasteiger partial charge in [-0.05, 0) is 19.1 Å². The van der Waals surface area contributed by atoms with Crippen LogP contribution in [-0.2, 0) is 6.61 Å². The number of nitrogens with zero attached hydrogens (tertiary/aromatic N) is 2. The fraction of sp³-hybridized carbons (Fsp3) is 0.333. The molecule has 0 saturated carbocycles. The van der Waals surface area contributed by atoms with Gasteiger partial charge in [0.25, 0.3) is 0 Å². The number of methoxy groups -OCH3 is 2. The lowest BCUT2D eigenvalue weighted by Gasteiger charge is -2.14. The van der Waals surface area contributed by atoms with Crippen LogP contribution < -0.4 is 19.5 Å². The molecule has 0 spiro atoms. The van der Waals surface area contributed by atoms with E-state index in [4.69, 9.17) is 14.2 Å². The number of anilines is 1. The lowest BCUT2D eigenvalue weighted by Crippen LogP contribution is -2.06. The highest BCUT2D eigenvalue weighted by Crippen LogP contribution is 2.37. The molecule has 112 valence electrons. The second-order valence-corrected chi connectivity index (χ2v) is 4.34. The first-order valence-corrected chi connectivity index (χ1v) is 6.54. The van der Waals surface area contributed by atoms with E-state index >= 15 is 0 Å². The van der Waals surface area contributed by atoms with Gasteiger partial charge in [0.2, 0.25) is 5.75 Å². The van der Waals surface area contributed by atoms with Gasteiger partial charge in [-0.3, -0.25) is 0 Å². The van der Waals surface area contributed by atoms with E-state index in [0.717, 1.165) is 11.5 Å². The van der Waals surface area contributed by atoms with Crippen molar-refractivity contribution in [3.05, 3.63) is 35.8 Å². The summed E-state index contributed by atoms with van der Waals surface area (Å²) in [7, 11) is 4.99. The van der Waals surface area contributed by atoms with Crippen LogP contribution in [-0.4, -0.2) is 31.2 Å². The summed E-state index contributed by atoms with van der Waals surface area (Å²) in [5, 5.41) is 3.00. The van der Waals surface area contributed by atoms with Gasteiger partial charge in [0, 0.05) is 18.8 Å². The van der Waals surface area contributed by atoms with Gasteiger partial charge >= 0.3 is 0 Å². The monoisotopic (exact) mass is 289 g/mol. The molecule has 1 heterocycles. The van der Waals surface area contributed by atoms with Crippen molar-refractivity contribution in [3.63, 3.8) is 0 Å². The molecule has 0 amide bonds. The molecule has 1 aromatic heterocycles. The molecule has 21 heavy (non-hydrogen) atoms. The quantitative estimate of drug-likeness (QED) is 0.881. The van der Waals surface area contributed by atoms with Gasteiger partial charge in [-0.15, -0.1) is 0 Å². The molecule has 1 N–H and O–H groups in total. The number of benzene rings is 1. The van der Waals surface area contributed by atoms with Crippen molar-refractivity contribution in [3.8, 4) is 17.2 Å². The molecular formula is C15H19N3O3. The Kier molecular flexibility index (Phi) is 4.81. The molecule has 0 saturated heterocycles. The maximum absolute atomic E-state index is 5.79. The van der Waals surface area contributed by atoms with Crippen LogP contribution in [0.5, 0.6) is 17.2 Å². The third-order valence-corrected chi connectivity index (χ3v) is 2.88. The van der Waals surface area contributed by atoms with Crippen LogP contribution in [0.2, 0.25) is 0 Å². The third-order valence-electron chi connectivity index (χ3n) is 2.88. The minimum Gasteiger partial charge on any atom is -0.493 e. The molecule has 1 aromatic carbocycles. The predicted molar refractivity (Wildman–Crippen MR) is 80.2 cm³/mol. The van der Waals surface area contributed by atoms with Gasteiger partial charge in [-0.1, -0.05) is 6.07 Å². The van der Waals surface area contributed by atoms with E-state index in [9.17, 15) is 0 Å². The smallest absolute Gasteiger partial charge is 0.203 e. The van der Waals surface area contributed by atoms with Crippen molar-refractivity contribution in [1.82, 2.24) is 9.97 Å². The predicted octanol–water partition coefficient (Wildman–Crippen LogP) is 2.42. The van der Waals surface area contributed by atoms with E-state index < -0.39 is 0 Å². The van der Waals surface area contributed by atoms with Crippen LogP contribution in [0.4, 0.5) is 5.82 Å². The largest absolute Gasteiger partial charge is 0.493 e. The zero-order valence-electron chi connectivity index (χ0n) is 12.6. The van der Waals surface area contributed by atoms with Crippen molar-refractivity contribution >= 4 is 5.82 Å². The lowest BCUT2D eigenvalue weighted by atomic mass is 10.3. The summed E-state index contributed by atoms with van der Waals surface area (Å²) in [6.07, 6.45) is 0. The number of hydrogen-bond acceptors (Lipinski definition) is 6. The van der Waals surface area contributed by atoms with Gasteiger partial charge in [0.15, 0.2) is 17.3 Å². The van der Waals surface area contributed by atoms with E-state index in [1.54, 1.807) is 14.2 Å². The summed E-state index contributed by atoms with van der Waals surface area (Å²) in [6.45, 7) is 2.14. The van der Waals surface area contributed by atoms with E-state index in [-0.39, 0.29) is 6.61 Å². The Balaban J connectivity index is 2.22. The third kappa shape index (κ3) is 3.53. The first-order chi connectivity index (χ1) is 10.2. The Morgan fingerprint density at radius 3 is 2.33 bits per heavy atom. The van der Waals surface area contributed by atoms with E-state index in [2.05, 4.69) is 15.3 Å². The molecule has 0 aliphatic heterocycles. The number of aryl methyl sites for hydroxylation is 1. The maximum Gasteiger partial charge on any atom is 0.203 e. The second kappa shape index (κ2) is 6.78. The fourth-order valence-corrected chi connectivity index (χ4v) is 1.92. The number of ether oxygens (including phenoxy) is 3. The second-order valence-electron chi connectivity index (χ2n) is 4.34. The molecular weight excluding hydrogens is 270 g/mol. The number of rotatable bonds is 6. The van der Waals surface area contributed by atoms with Crippen molar-refractivity contribution < 1.29 is 14.2 Å². The van der Waals surface area contributed by atoms with E-state index in [1.807, 2.05) is 38.2 Å². The van der Waals surface area contributed by atoms with Crippen LogP contribution >= 0.6 is 0 Å². The molecule has 2 aromatic rings. The first kappa shape index (κ1) is 14.9. The fourth-order valence-electron chi connectivity index (χ4n) is 1.92. The van der Waals surface area contributed by atoms with E-state index in [1.165, 1.54) is 0 Å². The molecule has 0 bridgehead atoms. The standard InChI is InChI=1S/C15H19N3O3/c1-10-8-13(16-2)18-14(17-10)9-21-15-11(19-3)6-5-7-12(15)20-4/h5-8H,9H2,1-4H3,(H,16,17,18). The molecule has 0 atom stereocenters. The molecule has 0 radical (unpaired) electrons. The summed E-state index contributed by atoms with van der Waals surface area (Å²) >= 11 is 0. The van der Waals surface area contributed by atoms with Gasteiger partial charge in [0.1, 0.15) is 12.4 Å². The highest BCUT2D eigenvalue weighted by atomic mass is 16.5. The number of para-hydroxylation sites is 1. The zero-order chi connectivity index (χ0) is 15.2. The summed E-state index contributed by atoms with van der Waals surface area (Å²) < 4.78 is 16.4. The summed E-state index contributed by atoms with van der Waals surface area (Å²) in [4.78, 5) is 8.70. The molecule has 0 fully saturated rings. The van der Waals surface area contributed by atoms with Gasteiger partial charge in [-0.25, -0.2) is 9.97 Å². The Morgan fingerprint density at radius 1 is 1.10 bits per heavy atom. The minimum atomic E-state index is 0.229. The van der Waals surface area contributed by atoms with Crippen molar-refractivity contribution in [2.24, 2.45) is 0 Å². The van der Waals surface area contributed by atoms with Crippen LogP contribution in [0.1, 0.15) is 11.5 Å². The Bertz CT molecular complexity index is 595. The highest BCUT2D eigenvalue weighted by Gasteiger charge is 2.12. The topological polar surface area (TPSA) is 65.5 Å². The summed E-state index contributed by atoms with van der Waals surface area (Å²) in [6, 6.07) is 7.34. The van der Waals surface area contributed by atoms with Crippen LogP contribution in [0, 0.1) is 6.92 Å². The van der Waals surface area contributed by atoms with Crippen LogP contribution in [0.25, 0.3) is 0 Å². The average molecular weight is 289 g/mol. The summed E-state index contributed by atoms with van der Waals surface area (Å²) in [5.41, 5.74) is 0.875. The molecule has 0 unspecified atom stereocenters. The Hall–Kier alpha value is -2.50. The van der Waals surface area contributed by atoms with Crippen molar-refractivity contribution in [2.75, 3.05) is 26.6 Å². The molecule has 0 aliphatic carbocycles. The first-order valence-electron chi connectivity index (χ1n) is 6.54. The summed E-state index contributed by atoms with van der Waals surface area (Å²) in [5.74, 6) is 3.10. The van der Waals surface area contributed by atoms with Gasteiger partial charge in [0.05, 0.1) is 14.2 Å². The zero-order valence-corrected chi connectivity index (χ0v) is 12.6. The molecule has 6 nitrogen and oxygen atoms in total. The number of hydrogen-bond donors (Lipinski definition) is 1. The normalized spacial score (nSPS) is 10.1. The number of nitrogens with one attached hydrogen (secondary N) is 1. The highest BCUT2D eigenvalue weighted by molar-refractivity contribution is 5.51. The Labute approximate surface area is 124 Å². The van der Waals surface area contributed by atoms with Crippen molar-refractivity contribution in [1.29, 1.82) is 0 Å². The Morgan fingerprint density at radius 2 is 1.76 bits per heavy atom. The van der Waals surface area contributed by atoms with Crippen LogP contribution in [0.15, 0.2) is 24.3 Å². The molecule has 0 aliphatic rings. The molecule has 2 rings (SSSR count). The maximum atomic E-state index is 5.79. The minimum absolute atomic E-state index is 0.229. The molecule has 6 heteroatoms. The van der Waals surface area contributed by atoms with Gasteiger partial charge in [-0.2, -0.15) is 0 Å². The van der Waals surface area contributed by atoms with E-state index in [0.29, 0.717) is 23.1 Å². The van der Waals surface area contributed by atoms with Crippen molar-refractivity contribution in [2.45, 2.75) is 13.5 Å². The lowest BCUT2D eigenvalue weighted by molar-refractivity contribution is 0.259. The SMILES string of the molecule is CNc1cc(C)nc(COc2c(OC)cccc2OC)n1.